The van der Waals surface area contributed by atoms with Gasteiger partial charge in [-0.1, -0.05) is 12.6 Å². The zero-order chi connectivity index (χ0) is 23.8. The molecule has 3 N–H and O–H groups in total. The van der Waals surface area contributed by atoms with E-state index in [9.17, 15) is 32.0 Å². The van der Waals surface area contributed by atoms with Gasteiger partial charge < -0.3 is 10.1 Å². The van der Waals surface area contributed by atoms with E-state index in [0.717, 1.165) is 6.92 Å². The van der Waals surface area contributed by atoms with Crippen molar-refractivity contribution < 1.29 is 26.7 Å². The highest BCUT2D eigenvalue weighted by Gasteiger charge is 2.36. The van der Waals surface area contributed by atoms with Gasteiger partial charge in [-0.25, -0.2) is 4.99 Å². The molecule has 0 saturated heterocycles. The number of nitrogens with one attached hydrogen (secondary N) is 2. The summed E-state index contributed by atoms with van der Waals surface area (Å²) >= 11 is 0. The molecule has 0 fully saturated rings. The Bertz CT molecular complexity index is 1240. The van der Waals surface area contributed by atoms with Crippen molar-refractivity contribution in [1.29, 1.82) is 5.26 Å². The molecule has 0 aliphatic rings. The molecule has 0 amide bonds. The summed E-state index contributed by atoms with van der Waals surface area (Å²) in [5.74, 6) is 0. The summed E-state index contributed by atoms with van der Waals surface area (Å²) < 4.78 is 67.7. The standard InChI is InChI=1S/C20H21F3N4O3S/c1-11-6-7-15(18-17(11)14(9-24)10-25-18)27-31(29,30)13(3)26-16(20(21,22)23)8-12(2)19(4,5)28/h6-8,10,25,27-28H,2H2,1,3-5H3/b16-8-,26-13?. The highest BCUT2D eigenvalue weighted by atomic mass is 32.2. The summed E-state index contributed by atoms with van der Waals surface area (Å²) in [6, 6.07) is 4.99. The summed E-state index contributed by atoms with van der Waals surface area (Å²) in [5, 5.41) is 18.7. The number of rotatable bonds is 5. The van der Waals surface area contributed by atoms with Crippen LogP contribution in [-0.4, -0.2) is 35.3 Å². The van der Waals surface area contributed by atoms with E-state index in [2.05, 4.69) is 21.3 Å². The monoisotopic (exact) mass is 454 g/mol. The van der Waals surface area contributed by atoms with Gasteiger partial charge in [0.15, 0.2) is 0 Å². The molecule has 0 spiro atoms. The van der Waals surface area contributed by atoms with Gasteiger partial charge in [0.1, 0.15) is 16.8 Å². The number of aliphatic imine (C=N–C) groups is 1. The Labute approximate surface area is 177 Å². The van der Waals surface area contributed by atoms with Crippen LogP contribution < -0.4 is 4.72 Å². The van der Waals surface area contributed by atoms with Crippen molar-refractivity contribution >= 4 is 31.7 Å². The number of hydrogen-bond acceptors (Lipinski definition) is 5. The summed E-state index contributed by atoms with van der Waals surface area (Å²) in [5.41, 5.74) is -2.10. The van der Waals surface area contributed by atoms with E-state index < -0.39 is 32.5 Å². The normalized spacial score (nSPS) is 13.9. The number of alkyl halides is 3. The van der Waals surface area contributed by atoms with E-state index in [4.69, 9.17) is 0 Å². The molecule has 0 aliphatic heterocycles. The van der Waals surface area contributed by atoms with Crippen molar-refractivity contribution in [2.75, 3.05) is 4.72 Å². The Hall–Kier alpha value is -3.10. The molecule has 2 rings (SSSR count). The Balaban J connectivity index is 2.51. The van der Waals surface area contributed by atoms with E-state index in [1.54, 1.807) is 13.0 Å². The summed E-state index contributed by atoms with van der Waals surface area (Å²) in [7, 11) is -4.48. The Morgan fingerprint density at radius 2 is 1.97 bits per heavy atom. The largest absolute Gasteiger partial charge is 0.433 e. The minimum Gasteiger partial charge on any atom is -0.386 e. The number of allylic oxidation sites excluding steroid dienone is 1. The molecule has 0 atom stereocenters. The third kappa shape index (κ3) is 5.34. The number of halogens is 3. The SMILES string of the molecule is C=C(/C=C(\N=C(C)S(=O)(=O)Nc1ccc(C)c2c(C#N)c[nH]c12)C(F)(F)F)C(C)(C)O. The summed E-state index contributed by atoms with van der Waals surface area (Å²) in [6.07, 6.45) is -3.08. The van der Waals surface area contributed by atoms with Gasteiger partial charge in [0.05, 0.1) is 22.4 Å². The van der Waals surface area contributed by atoms with Crippen molar-refractivity contribution in [3.63, 3.8) is 0 Å². The third-order valence-corrected chi connectivity index (χ3v) is 5.82. The molecule has 0 aliphatic carbocycles. The molecular formula is C20H21F3N4O3S. The quantitative estimate of drug-likeness (QED) is 0.355. The number of aliphatic hydroxyl groups is 1. The molecule has 31 heavy (non-hydrogen) atoms. The zero-order valence-electron chi connectivity index (χ0n) is 17.2. The number of anilines is 1. The lowest BCUT2D eigenvalue weighted by atomic mass is 9.99. The maximum absolute atomic E-state index is 13.4. The van der Waals surface area contributed by atoms with E-state index in [1.807, 2.05) is 6.07 Å². The zero-order valence-corrected chi connectivity index (χ0v) is 18.0. The average molecular weight is 454 g/mol. The summed E-state index contributed by atoms with van der Waals surface area (Å²) in [4.78, 5) is 6.05. The minimum atomic E-state index is -4.98. The first kappa shape index (κ1) is 24.2. The van der Waals surface area contributed by atoms with Gasteiger partial charge >= 0.3 is 6.18 Å². The second-order valence-electron chi connectivity index (χ2n) is 7.34. The van der Waals surface area contributed by atoms with Gasteiger partial charge in [0, 0.05) is 11.6 Å². The van der Waals surface area contributed by atoms with Crippen molar-refractivity contribution in [3.8, 4) is 6.07 Å². The van der Waals surface area contributed by atoms with Crippen molar-refractivity contribution in [2.45, 2.75) is 39.5 Å². The van der Waals surface area contributed by atoms with Crippen LogP contribution in [0.4, 0.5) is 18.9 Å². The first-order chi connectivity index (χ1) is 14.1. The molecule has 7 nitrogen and oxygen atoms in total. The van der Waals surface area contributed by atoms with Crippen molar-refractivity contribution in [2.24, 2.45) is 4.99 Å². The molecule has 2 aromatic rings. The molecule has 0 bridgehead atoms. The van der Waals surface area contributed by atoms with Gasteiger partial charge in [-0.2, -0.15) is 26.9 Å². The topological polar surface area (TPSA) is 118 Å². The average Bonchev–Trinajstić information content (AvgIpc) is 3.07. The fourth-order valence-electron chi connectivity index (χ4n) is 2.56. The number of aryl methyl sites for hydroxylation is 1. The lowest BCUT2D eigenvalue weighted by Gasteiger charge is -2.19. The fourth-order valence-corrected chi connectivity index (χ4v) is 3.39. The Morgan fingerprint density at radius 1 is 1.35 bits per heavy atom. The third-order valence-electron chi connectivity index (χ3n) is 4.46. The number of aromatic nitrogens is 1. The Morgan fingerprint density at radius 3 is 2.48 bits per heavy atom. The Kier molecular flexibility index (Phi) is 6.40. The van der Waals surface area contributed by atoms with E-state index in [-0.39, 0.29) is 11.3 Å². The van der Waals surface area contributed by atoms with Crippen LogP contribution in [0.5, 0.6) is 0 Å². The lowest BCUT2D eigenvalue weighted by Crippen LogP contribution is -2.24. The summed E-state index contributed by atoms with van der Waals surface area (Å²) in [6.45, 7) is 8.50. The predicted octanol–water partition coefficient (Wildman–Crippen LogP) is 4.28. The number of nitrogens with zero attached hydrogens (tertiary/aromatic N) is 2. The molecule has 1 aromatic heterocycles. The van der Waals surface area contributed by atoms with E-state index >= 15 is 0 Å². The second-order valence-corrected chi connectivity index (χ2v) is 9.14. The molecule has 1 heterocycles. The molecule has 0 unspecified atom stereocenters. The molecule has 11 heteroatoms. The number of aromatic amines is 1. The van der Waals surface area contributed by atoms with E-state index in [0.29, 0.717) is 28.1 Å². The van der Waals surface area contributed by atoms with Gasteiger partial charge in [-0.15, -0.1) is 0 Å². The fraction of sp³-hybridized carbons (Fsp3) is 0.300. The highest BCUT2D eigenvalue weighted by Crippen LogP contribution is 2.31. The number of benzene rings is 1. The first-order valence-corrected chi connectivity index (χ1v) is 10.4. The number of nitriles is 1. The van der Waals surface area contributed by atoms with Crippen molar-refractivity contribution in [3.05, 3.63) is 53.4 Å². The van der Waals surface area contributed by atoms with Gasteiger partial charge in [0.25, 0.3) is 10.0 Å². The number of fused-ring (bicyclic) bond motifs is 1. The molecule has 1 aromatic carbocycles. The molecular weight excluding hydrogens is 433 g/mol. The van der Waals surface area contributed by atoms with Crippen LogP contribution in [0.25, 0.3) is 10.9 Å². The van der Waals surface area contributed by atoms with Crippen LogP contribution in [0, 0.1) is 18.3 Å². The van der Waals surface area contributed by atoms with Crippen LogP contribution in [0.1, 0.15) is 31.9 Å². The number of hydrogen-bond donors (Lipinski definition) is 3. The smallest absolute Gasteiger partial charge is 0.386 e. The molecule has 0 radical (unpaired) electrons. The first-order valence-electron chi connectivity index (χ1n) is 8.87. The maximum atomic E-state index is 13.4. The van der Waals surface area contributed by atoms with Crippen LogP contribution in [0.15, 0.2) is 47.2 Å². The van der Waals surface area contributed by atoms with Crippen LogP contribution >= 0.6 is 0 Å². The van der Waals surface area contributed by atoms with E-state index in [1.165, 1.54) is 26.1 Å². The lowest BCUT2D eigenvalue weighted by molar-refractivity contribution is -0.0924. The maximum Gasteiger partial charge on any atom is 0.433 e. The predicted molar refractivity (Wildman–Crippen MR) is 113 cm³/mol. The number of sulfonamides is 1. The number of H-pyrrole nitrogens is 1. The molecule has 166 valence electrons. The van der Waals surface area contributed by atoms with Crippen molar-refractivity contribution in [1.82, 2.24) is 4.98 Å². The molecule has 0 saturated carbocycles. The minimum absolute atomic E-state index is 0.0510. The van der Waals surface area contributed by atoms with Gasteiger partial charge in [-0.05, 0) is 51.0 Å². The van der Waals surface area contributed by atoms with Gasteiger partial charge in [-0.3, -0.25) is 4.72 Å². The van der Waals surface area contributed by atoms with Gasteiger partial charge in [0.2, 0.25) is 0 Å². The van der Waals surface area contributed by atoms with Crippen LogP contribution in [0.2, 0.25) is 0 Å². The van der Waals surface area contributed by atoms with Crippen LogP contribution in [0.3, 0.4) is 0 Å². The second kappa shape index (κ2) is 8.20. The highest BCUT2D eigenvalue weighted by molar-refractivity contribution is 8.07. The van der Waals surface area contributed by atoms with Crippen LogP contribution in [-0.2, 0) is 10.0 Å².